The Morgan fingerprint density at radius 1 is 1.02 bits per heavy atom. The fourth-order valence-electron chi connectivity index (χ4n) is 9.95. The Morgan fingerprint density at radius 2 is 1.77 bits per heavy atom. The smallest absolute Gasteiger partial charge is 0.407 e. The SMILES string of the molecule is C.CC(C)CCC[C@@H](C)[C@H]1CC[C@H]2[C@@H]3CC=C4C[C@@H](OC(=O)NCCCCCCOP(C)(=O)O)CC[C@]4(C)[C@H]3CC[C@]12C. The molecule has 43 heavy (non-hydrogen) atoms. The van der Waals surface area contributed by atoms with E-state index in [4.69, 9.17) is 14.2 Å². The van der Waals surface area contributed by atoms with Gasteiger partial charge in [0.2, 0.25) is 0 Å². The molecule has 1 amide bonds. The number of amides is 1. The molecule has 0 heterocycles. The van der Waals surface area contributed by atoms with Crippen LogP contribution in [0.2, 0.25) is 0 Å². The van der Waals surface area contributed by atoms with Gasteiger partial charge >= 0.3 is 13.7 Å². The molecule has 7 heteroatoms. The van der Waals surface area contributed by atoms with Crippen LogP contribution in [0.1, 0.15) is 138 Å². The topological polar surface area (TPSA) is 84.9 Å². The normalized spacial score (nSPS) is 35.4. The molecular weight excluding hydrogens is 557 g/mol. The minimum atomic E-state index is -3.38. The van der Waals surface area contributed by atoms with Gasteiger partial charge in [-0.2, -0.15) is 0 Å². The monoisotopic (exact) mass is 623 g/mol. The Bertz CT molecular complexity index is 977. The van der Waals surface area contributed by atoms with E-state index in [1.807, 2.05) is 0 Å². The highest BCUT2D eigenvalue weighted by Gasteiger charge is 2.59. The number of fused-ring (bicyclic) bond motifs is 5. The summed E-state index contributed by atoms with van der Waals surface area (Å²) in [6, 6.07) is 0. The largest absolute Gasteiger partial charge is 0.446 e. The van der Waals surface area contributed by atoms with Crippen molar-refractivity contribution in [2.45, 2.75) is 144 Å². The number of allylic oxidation sites excluding steroid dienone is 1. The predicted octanol–water partition coefficient (Wildman–Crippen LogP) is 10.2. The summed E-state index contributed by atoms with van der Waals surface area (Å²) in [5, 5.41) is 2.94. The van der Waals surface area contributed by atoms with Crippen molar-refractivity contribution in [1.82, 2.24) is 5.32 Å². The molecule has 0 aromatic rings. The Hall–Kier alpha value is -0.840. The minimum absolute atomic E-state index is 0. The molecule has 4 aliphatic rings. The number of hydrogen-bond donors (Lipinski definition) is 2. The van der Waals surface area contributed by atoms with Gasteiger partial charge in [-0.3, -0.25) is 4.57 Å². The van der Waals surface area contributed by atoms with Gasteiger partial charge in [0.1, 0.15) is 6.10 Å². The van der Waals surface area contributed by atoms with Crippen molar-refractivity contribution >= 4 is 13.7 Å². The maximum absolute atomic E-state index is 12.5. The van der Waals surface area contributed by atoms with Crippen LogP contribution in [0.3, 0.4) is 0 Å². The molecule has 4 aliphatic carbocycles. The standard InChI is InChI=1S/C35H62NO5P.CH4/c1-25(2)12-11-13-26(3)30-16-17-31-29-15-14-27-24-28(18-20-34(27,4)32(29)19-21-35(30,31)5)41-33(37)36-22-9-7-8-10-23-40-42(6,38)39;/h14,25-26,28-32H,7-13,15-24H2,1-6H3,(H,36,37)(H,38,39);1H4/t26-,28+,29+,30-,31+,32+,34+,35-;/m1./s1. The third-order valence-corrected chi connectivity index (χ3v) is 12.9. The molecule has 0 aliphatic heterocycles. The molecule has 250 valence electrons. The number of nitrogens with one attached hydrogen (secondary N) is 1. The lowest BCUT2D eigenvalue weighted by molar-refractivity contribution is -0.0581. The van der Waals surface area contributed by atoms with Crippen LogP contribution in [-0.2, 0) is 13.8 Å². The van der Waals surface area contributed by atoms with E-state index in [1.165, 1.54) is 58.0 Å². The number of ether oxygens (including phenoxy) is 1. The molecule has 9 atom stereocenters. The number of unbranched alkanes of at least 4 members (excludes halogenated alkanes) is 3. The van der Waals surface area contributed by atoms with Crippen molar-refractivity contribution in [2.24, 2.45) is 46.3 Å². The van der Waals surface area contributed by atoms with Crippen molar-refractivity contribution in [3.05, 3.63) is 11.6 Å². The van der Waals surface area contributed by atoms with Crippen molar-refractivity contribution < 1.29 is 23.5 Å². The van der Waals surface area contributed by atoms with E-state index in [-0.39, 0.29) is 25.0 Å². The molecule has 0 radical (unpaired) electrons. The second-order valence-electron chi connectivity index (χ2n) is 15.5. The van der Waals surface area contributed by atoms with E-state index < -0.39 is 7.60 Å². The van der Waals surface area contributed by atoms with Crippen molar-refractivity contribution in [1.29, 1.82) is 0 Å². The molecule has 0 aromatic heterocycles. The summed E-state index contributed by atoms with van der Waals surface area (Å²) in [6.45, 7) is 14.6. The third-order valence-electron chi connectivity index (χ3n) is 12.2. The van der Waals surface area contributed by atoms with Crippen LogP contribution < -0.4 is 5.32 Å². The van der Waals surface area contributed by atoms with E-state index >= 15 is 0 Å². The van der Waals surface area contributed by atoms with Crippen molar-refractivity contribution in [3.8, 4) is 0 Å². The summed E-state index contributed by atoms with van der Waals surface area (Å²) >= 11 is 0. The summed E-state index contributed by atoms with van der Waals surface area (Å²) in [6.07, 6.45) is 19.8. The average molecular weight is 624 g/mol. The van der Waals surface area contributed by atoms with Gasteiger partial charge in [0.25, 0.3) is 0 Å². The van der Waals surface area contributed by atoms with Crippen LogP contribution in [0.25, 0.3) is 0 Å². The molecule has 3 saturated carbocycles. The zero-order valence-corrected chi connectivity index (χ0v) is 28.6. The van der Waals surface area contributed by atoms with Gasteiger partial charge in [0, 0.05) is 19.6 Å². The highest BCUT2D eigenvalue weighted by atomic mass is 31.2. The van der Waals surface area contributed by atoms with Gasteiger partial charge in [-0.05, 0) is 104 Å². The Balaban J connectivity index is 0.00000506. The third kappa shape index (κ3) is 9.13. The number of alkyl carbamates (subject to hydrolysis) is 1. The molecule has 6 nitrogen and oxygen atoms in total. The first kappa shape index (κ1) is 36.6. The van der Waals surface area contributed by atoms with Gasteiger partial charge in [-0.25, -0.2) is 4.79 Å². The zero-order valence-electron chi connectivity index (χ0n) is 27.7. The van der Waals surface area contributed by atoms with E-state index in [1.54, 1.807) is 5.57 Å². The van der Waals surface area contributed by atoms with Gasteiger partial charge < -0.3 is 19.5 Å². The van der Waals surface area contributed by atoms with Crippen LogP contribution in [0, 0.1) is 46.3 Å². The van der Waals surface area contributed by atoms with Crippen LogP contribution in [0.4, 0.5) is 4.79 Å². The summed E-state index contributed by atoms with van der Waals surface area (Å²) in [5.41, 5.74) is 2.35. The number of carbonyl (C=O) groups excluding carboxylic acids is 1. The summed E-state index contributed by atoms with van der Waals surface area (Å²) in [5.74, 6) is 5.05. The van der Waals surface area contributed by atoms with Crippen LogP contribution in [-0.4, -0.2) is 36.9 Å². The molecule has 0 bridgehead atoms. The van der Waals surface area contributed by atoms with E-state index in [0.717, 1.165) is 80.5 Å². The number of rotatable bonds is 14. The Kier molecular flexibility index (Phi) is 13.3. The fraction of sp³-hybridized carbons (Fsp3) is 0.917. The van der Waals surface area contributed by atoms with Gasteiger partial charge in [0.05, 0.1) is 6.61 Å². The number of carbonyl (C=O) groups is 1. The molecule has 0 aromatic carbocycles. The fourth-order valence-corrected chi connectivity index (χ4v) is 10.4. The van der Waals surface area contributed by atoms with E-state index in [2.05, 4.69) is 46.0 Å². The van der Waals surface area contributed by atoms with Crippen molar-refractivity contribution in [2.75, 3.05) is 19.8 Å². The van der Waals surface area contributed by atoms with Gasteiger partial charge in [-0.1, -0.05) is 85.8 Å². The first-order chi connectivity index (χ1) is 19.8. The molecule has 0 saturated heterocycles. The zero-order chi connectivity index (χ0) is 30.5. The lowest BCUT2D eigenvalue weighted by Crippen LogP contribution is -2.51. The van der Waals surface area contributed by atoms with Crippen LogP contribution in [0.5, 0.6) is 0 Å². The molecule has 3 fully saturated rings. The van der Waals surface area contributed by atoms with E-state index in [9.17, 15) is 9.36 Å². The highest BCUT2D eigenvalue weighted by Crippen LogP contribution is 2.67. The molecule has 1 unspecified atom stereocenters. The van der Waals surface area contributed by atoms with E-state index in [0.29, 0.717) is 18.6 Å². The first-order valence-corrected chi connectivity index (χ1v) is 19.4. The lowest BCUT2D eigenvalue weighted by atomic mass is 9.47. The van der Waals surface area contributed by atoms with Gasteiger partial charge in [-0.15, -0.1) is 0 Å². The average Bonchev–Trinajstić information content (AvgIpc) is 3.27. The maximum Gasteiger partial charge on any atom is 0.407 e. The summed E-state index contributed by atoms with van der Waals surface area (Å²) in [7, 11) is -3.38. The molecule has 2 N–H and O–H groups in total. The maximum atomic E-state index is 12.5. The quantitative estimate of drug-likeness (QED) is 0.114. The molecule has 4 rings (SSSR count). The minimum Gasteiger partial charge on any atom is -0.446 e. The predicted molar refractivity (Wildman–Crippen MR) is 178 cm³/mol. The molecular formula is C36H66NO5P. The lowest BCUT2D eigenvalue weighted by Gasteiger charge is -2.58. The second-order valence-corrected chi connectivity index (χ2v) is 17.4. The Labute approximate surface area is 264 Å². The molecule has 0 spiro atoms. The Morgan fingerprint density at radius 3 is 2.49 bits per heavy atom. The number of hydrogen-bond acceptors (Lipinski definition) is 4. The summed E-state index contributed by atoms with van der Waals surface area (Å²) in [4.78, 5) is 21.7. The summed E-state index contributed by atoms with van der Waals surface area (Å²) < 4.78 is 21.9. The van der Waals surface area contributed by atoms with Crippen LogP contribution in [0.15, 0.2) is 11.6 Å². The van der Waals surface area contributed by atoms with Crippen molar-refractivity contribution in [3.63, 3.8) is 0 Å². The van der Waals surface area contributed by atoms with Crippen LogP contribution >= 0.6 is 7.60 Å². The first-order valence-electron chi connectivity index (χ1n) is 17.4. The highest BCUT2D eigenvalue weighted by molar-refractivity contribution is 7.51. The second kappa shape index (κ2) is 15.6. The van der Waals surface area contributed by atoms with Gasteiger partial charge in [0.15, 0.2) is 0 Å².